The molecule has 4 aliphatic rings. The number of para-hydroxylation sites is 2. The van der Waals surface area contributed by atoms with Crippen LogP contribution < -0.4 is 26.2 Å². The zero-order chi connectivity index (χ0) is 34.3. The van der Waals surface area contributed by atoms with Crippen molar-refractivity contribution < 1.29 is 0 Å². The molecule has 2 nitrogen and oxygen atoms in total. The fraction of sp³-hybridized carbons (Fsp3) is 0.143. The van der Waals surface area contributed by atoms with Crippen LogP contribution in [-0.2, 0) is 25.7 Å². The van der Waals surface area contributed by atoms with E-state index in [9.17, 15) is 0 Å². The Morgan fingerprint density at radius 1 is 0.442 bits per heavy atom. The predicted octanol–water partition coefficient (Wildman–Crippen LogP) is 10.4. The first kappa shape index (κ1) is 29.9. The van der Waals surface area contributed by atoms with Crippen molar-refractivity contribution in [3.63, 3.8) is 0 Å². The SMILES string of the molecule is Cc1cc2c3c(c1)N(c1c4c(cc5c1CCC5)CCC4)c1ccccc1B3c1ccccc1N2c1cc(-c2ccccc2)cc(-c2ccccc2)c1. The molecule has 52 heavy (non-hydrogen) atoms. The lowest BCUT2D eigenvalue weighted by Crippen LogP contribution is -2.61. The second-order valence-electron chi connectivity index (χ2n) is 15.1. The van der Waals surface area contributed by atoms with Gasteiger partial charge in [-0.25, -0.2) is 0 Å². The maximum Gasteiger partial charge on any atom is 0.252 e. The van der Waals surface area contributed by atoms with Crippen LogP contribution in [0.15, 0.2) is 146 Å². The highest BCUT2D eigenvalue weighted by Gasteiger charge is 2.44. The Balaban J connectivity index is 1.21. The fourth-order valence-corrected chi connectivity index (χ4v) is 9.94. The zero-order valence-electron chi connectivity index (χ0n) is 29.6. The quantitative estimate of drug-likeness (QED) is 0.173. The van der Waals surface area contributed by atoms with Crippen molar-refractivity contribution in [2.24, 2.45) is 0 Å². The summed E-state index contributed by atoms with van der Waals surface area (Å²) in [4.78, 5) is 5.29. The Labute approximate surface area is 307 Å². The molecule has 2 aliphatic carbocycles. The largest absolute Gasteiger partial charge is 0.311 e. The normalized spacial score (nSPS) is 14.8. The molecule has 2 heterocycles. The van der Waals surface area contributed by atoms with Crippen LogP contribution in [0.25, 0.3) is 22.3 Å². The predicted molar refractivity (Wildman–Crippen MR) is 220 cm³/mol. The molecule has 7 aromatic rings. The molecule has 0 spiro atoms. The van der Waals surface area contributed by atoms with Gasteiger partial charge in [0.15, 0.2) is 0 Å². The minimum atomic E-state index is 0.140. The molecule has 0 aromatic heterocycles. The number of benzene rings is 7. The fourth-order valence-electron chi connectivity index (χ4n) is 9.94. The lowest BCUT2D eigenvalue weighted by atomic mass is 9.33. The first-order chi connectivity index (χ1) is 25.7. The summed E-state index contributed by atoms with van der Waals surface area (Å²) in [6, 6.07) is 54.8. The summed E-state index contributed by atoms with van der Waals surface area (Å²) < 4.78 is 0. The third-order valence-corrected chi connectivity index (χ3v) is 12.1. The summed E-state index contributed by atoms with van der Waals surface area (Å²) in [6.45, 7) is 2.43. The van der Waals surface area contributed by atoms with E-state index in [-0.39, 0.29) is 6.71 Å². The van der Waals surface area contributed by atoms with E-state index in [0.29, 0.717) is 0 Å². The molecule has 0 radical (unpaired) electrons. The maximum absolute atomic E-state index is 2.72. The molecule has 2 aliphatic heterocycles. The number of fused-ring (bicyclic) bond motifs is 6. The van der Waals surface area contributed by atoms with Crippen molar-refractivity contribution in [1.29, 1.82) is 0 Å². The van der Waals surface area contributed by atoms with E-state index in [1.807, 2.05) is 0 Å². The van der Waals surface area contributed by atoms with Gasteiger partial charge in [0.1, 0.15) is 0 Å². The van der Waals surface area contributed by atoms with Gasteiger partial charge in [-0.15, -0.1) is 0 Å². The minimum absolute atomic E-state index is 0.140. The first-order valence-corrected chi connectivity index (χ1v) is 19.1. The third-order valence-electron chi connectivity index (χ3n) is 12.1. The zero-order valence-corrected chi connectivity index (χ0v) is 29.6. The van der Waals surface area contributed by atoms with E-state index in [2.05, 4.69) is 162 Å². The topological polar surface area (TPSA) is 6.48 Å². The van der Waals surface area contributed by atoms with Gasteiger partial charge < -0.3 is 9.80 Å². The van der Waals surface area contributed by atoms with Crippen LogP contribution in [-0.4, -0.2) is 6.71 Å². The Morgan fingerprint density at radius 3 is 1.52 bits per heavy atom. The van der Waals surface area contributed by atoms with E-state index >= 15 is 0 Å². The number of hydrogen-bond donors (Lipinski definition) is 0. The van der Waals surface area contributed by atoms with Gasteiger partial charge in [-0.2, -0.15) is 0 Å². The summed E-state index contributed by atoms with van der Waals surface area (Å²) >= 11 is 0. The third kappa shape index (κ3) is 4.45. The second-order valence-corrected chi connectivity index (χ2v) is 15.1. The van der Waals surface area contributed by atoms with Gasteiger partial charge in [-0.05, 0) is 154 Å². The molecular weight excluding hydrogens is 627 g/mol. The molecule has 0 amide bonds. The van der Waals surface area contributed by atoms with Gasteiger partial charge in [0.05, 0.1) is 5.69 Å². The highest BCUT2D eigenvalue weighted by molar-refractivity contribution is 7.00. The Bertz CT molecular complexity index is 2460. The molecule has 248 valence electrons. The monoisotopic (exact) mass is 666 g/mol. The molecule has 3 heteroatoms. The molecule has 0 unspecified atom stereocenters. The van der Waals surface area contributed by atoms with Gasteiger partial charge in [0.25, 0.3) is 6.71 Å². The van der Waals surface area contributed by atoms with Crippen LogP contribution in [0, 0.1) is 6.92 Å². The van der Waals surface area contributed by atoms with Crippen LogP contribution in [0.4, 0.5) is 34.1 Å². The van der Waals surface area contributed by atoms with Crippen molar-refractivity contribution in [2.75, 3.05) is 9.80 Å². The highest BCUT2D eigenvalue weighted by Crippen LogP contribution is 2.50. The van der Waals surface area contributed by atoms with Crippen molar-refractivity contribution in [3.05, 3.63) is 173 Å². The molecule has 0 saturated carbocycles. The smallest absolute Gasteiger partial charge is 0.252 e. The number of nitrogens with zero attached hydrogens (tertiary/aromatic N) is 2. The van der Waals surface area contributed by atoms with Crippen LogP contribution in [0.5, 0.6) is 0 Å². The number of aryl methyl sites for hydroxylation is 3. The Kier molecular flexibility index (Phi) is 6.68. The number of rotatable bonds is 4. The summed E-state index contributed by atoms with van der Waals surface area (Å²) in [5.41, 5.74) is 24.6. The van der Waals surface area contributed by atoms with Gasteiger partial charge in [0, 0.05) is 28.4 Å². The van der Waals surface area contributed by atoms with Crippen LogP contribution in [0.2, 0.25) is 0 Å². The first-order valence-electron chi connectivity index (χ1n) is 19.1. The van der Waals surface area contributed by atoms with Gasteiger partial charge >= 0.3 is 0 Å². The van der Waals surface area contributed by atoms with Crippen LogP contribution in [0.3, 0.4) is 0 Å². The lowest BCUT2D eigenvalue weighted by Gasteiger charge is -2.45. The highest BCUT2D eigenvalue weighted by atomic mass is 15.2. The summed E-state index contributed by atoms with van der Waals surface area (Å²) in [5, 5.41) is 0. The van der Waals surface area contributed by atoms with Gasteiger partial charge in [-0.3, -0.25) is 0 Å². The number of hydrogen-bond acceptors (Lipinski definition) is 2. The van der Waals surface area contributed by atoms with E-state index in [1.165, 1.54) is 104 Å². The lowest BCUT2D eigenvalue weighted by molar-refractivity contribution is 0.896. The molecule has 0 bridgehead atoms. The van der Waals surface area contributed by atoms with E-state index in [0.717, 1.165) is 12.8 Å². The summed E-state index contributed by atoms with van der Waals surface area (Å²) in [7, 11) is 0. The van der Waals surface area contributed by atoms with Crippen LogP contribution in [0.1, 0.15) is 40.7 Å². The summed E-state index contributed by atoms with van der Waals surface area (Å²) in [5.74, 6) is 0. The Morgan fingerprint density at radius 2 is 0.942 bits per heavy atom. The van der Waals surface area contributed by atoms with Crippen molar-refractivity contribution >= 4 is 57.2 Å². The van der Waals surface area contributed by atoms with E-state index < -0.39 is 0 Å². The average Bonchev–Trinajstić information content (AvgIpc) is 3.87. The number of anilines is 6. The molecule has 0 N–H and O–H groups in total. The van der Waals surface area contributed by atoms with Gasteiger partial charge in [0.2, 0.25) is 0 Å². The van der Waals surface area contributed by atoms with E-state index in [4.69, 9.17) is 0 Å². The van der Waals surface area contributed by atoms with Crippen molar-refractivity contribution in [2.45, 2.75) is 45.4 Å². The van der Waals surface area contributed by atoms with Crippen molar-refractivity contribution in [3.8, 4) is 22.3 Å². The molecule has 0 atom stereocenters. The molecular formula is C49H39BN2. The molecule has 0 fully saturated rings. The molecule has 11 rings (SSSR count). The van der Waals surface area contributed by atoms with Crippen LogP contribution >= 0.6 is 0 Å². The van der Waals surface area contributed by atoms with Gasteiger partial charge in [-0.1, -0.05) is 103 Å². The van der Waals surface area contributed by atoms with Crippen molar-refractivity contribution in [1.82, 2.24) is 0 Å². The maximum atomic E-state index is 2.72. The minimum Gasteiger partial charge on any atom is -0.311 e. The summed E-state index contributed by atoms with van der Waals surface area (Å²) in [6.07, 6.45) is 7.22. The van der Waals surface area contributed by atoms with E-state index in [1.54, 1.807) is 22.3 Å². The second kappa shape index (κ2) is 11.6. The molecule has 7 aromatic carbocycles. The average molecular weight is 667 g/mol. The standard InChI is InChI=1S/C49H39BN2/c1-32-26-46-48-47(27-32)52(49-40-20-12-18-35(40)28-36-19-13-21-41(36)49)45-25-11-9-23-43(45)50(48)42-22-8-10-24-44(42)51(46)39-30-37(33-14-4-2-5-15-33)29-38(31-39)34-16-6-3-7-17-34/h2-11,14-17,22-31H,12-13,18-21H2,1H3. The Hall–Kier alpha value is -5.80. The molecule has 0 saturated heterocycles.